The third-order valence-corrected chi connectivity index (χ3v) is 5.28. The lowest BCUT2D eigenvalue weighted by Crippen LogP contribution is -2.15. The van der Waals surface area contributed by atoms with Crippen molar-refractivity contribution in [1.29, 1.82) is 0 Å². The zero-order chi connectivity index (χ0) is 19.2. The Kier molecular flexibility index (Phi) is 6.46. The molecule has 9 heteroatoms. The van der Waals surface area contributed by atoms with Crippen molar-refractivity contribution in [2.24, 2.45) is 5.92 Å². The van der Waals surface area contributed by atoms with Gasteiger partial charge in [-0.2, -0.15) is 0 Å². The summed E-state index contributed by atoms with van der Waals surface area (Å²) in [4.78, 5) is 16.2. The van der Waals surface area contributed by atoms with E-state index in [0.29, 0.717) is 16.2 Å². The van der Waals surface area contributed by atoms with Crippen molar-refractivity contribution < 1.29 is 9.53 Å². The highest BCUT2D eigenvalue weighted by atomic mass is 32.2. The van der Waals surface area contributed by atoms with E-state index in [2.05, 4.69) is 34.3 Å². The highest BCUT2D eigenvalue weighted by Crippen LogP contribution is 2.31. The Bertz CT molecular complexity index is 893. The number of carbonyl (C=O) groups is 1. The van der Waals surface area contributed by atoms with Gasteiger partial charge < -0.3 is 14.6 Å². The van der Waals surface area contributed by atoms with E-state index in [4.69, 9.17) is 4.74 Å². The molecule has 1 amide bonds. The molecule has 0 atom stereocenters. The minimum absolute atomic E-state index is 0.118. The summed E-state index contributed by atoms with van der Waals surface area (Å²) in [7, 11) is 1.64. The van der Waals surface area contributed by atoms with Crippen LogP contribution in [-0.2, 0) is 11.3 Å². The molecule has 27 heavy (non-hydrogen) atoms. The molecule has 2 heterocycles. The Balaban J connectivity index is 1.81. The van der Waals surface area contributed by atoms with E-state index in [1.807, 2.05) is 34.2 Å². The molecule has 3 aromatic rings. The van der Waals surface area contributed by atoms with Gasteiger partial charge >= 0.3 is 0 Å². The van der Waals surface area contributed by atoms with E-state index in [1.165, 1.54) is 23.1 Å². The predicted molar refractivity (Wildman–Crippen MR) is 108 cm³/mol. The molecule has 0 aliphatic carbocycles. The summed E-state index contributed by atoms with van der Waals surface area (Å²) in [5.74, 6) is 2.00. The summed E-state index contributed by atoms with van der Waals surface area (Å²) in [5.41, 5.74) is 0.882. The van der Waals surface area contributed by atoms with Gasteiger partial charge in [0.15, 0.2) is 16.1 Å². The highest BCUT2D eigenvalue weighted by molar-refractivity contribution is 7.99. The average molecular weight is 404 g/mol. The number of ether oxygens (including phenoxy) is 1. The number of methoxy groups -OCH3 is 1. The first-order valence-electron chi connectivity index (χ1n) is 8.47. The summed E-state index contributed by atoms with van der Waals surface area (Å²) < 4.78 is 7.51. The fourth-order valence-electron chi connectivity index (χ4n) is 2.52. The topological polar surface area (TPSA) is 81.9 Å². The summed E-state index contributed by atoms with van der Waals surface area (Å²) >= 11 is 2.75. The van der Waals surface area contributed by atoms with Crippen LogP contribution in [0.1, 0.15) is 13.8 Å². The Morgan fingerprint density at radius 3 is 2.85 bits per heavy atom. The van der Waals surface area contributed by atoms with E-state index in [9.17, 15) is 4.79 Å². The normalized spacial score (nSPS) is 11.0. The predicted octanol–water partition coefficient (Wildman–Crippen LogP) is 3.80. The Morgan fingerprint density at radius 2 is 2.15 bits per heavy atom. The van der Waals surface area contributed by atoms with Crippen molar-refractivity contribution in [3.8, 4) is 17.1 Å². The van der Waals surface area contributed by atoms with Crippen LogP contribution < -0.4 is 10.1 Å². The number of carbonyl (C=O) groups excluding carboxylic acids is 1. The van der Waals surface area contributed by atoms with E-state index >= 15 is 0 Å². The number of nitrogens with one attached hydrogen (secondary N) is 1. The van der Waals surface area contributed by atoms with Crippen LogP contribution >= 0.6 is 23.1 Å². The quantitative estimate of drug-likeness (QED) is 0.576. The van der Waals surface area contributed by atoms with Gasteiger partial charge in [-0.25, -0.2) is 4.98 Å². The van der Waals surface area contributed by atoms with Gasteiger partial charge in [0.1, 0.15) is 5.75 Å². The zero-order valence-electron chi connectivity index (χ0n) is 15.4. The molecule has 1 N–H and O–H groups in total. The molecular formula is C18H21N5O2S2. The smallest absolute Gasteiger partial charge is 0.236 e. The number of hydrogen-bond acceptors (Lipinski definition) is 7. The first-order chi connectivity index (χ1) is 13.1. The first-order valence-corrected chi connectivity index (χ1v) is 10.3. The molecular weight excluding hydrogens is 382 g/mol. The molecule has 1 aromatic carbocycles. The molecule has 0 aliphatic rings. The first kappa shape index (κ1) is 19.4. The summed E-state index contributed by atoms with van der Waals surface area (Å²) in [6, 6.07) is 7.73. The van der Waals surface area contributed by atoms with Gasteiger partial charge in [0, 0.05) is 18.1 Å². The monoisotopic (exact) mass is 403 g/mol. The molecule has 0 saturated heterocycles. The number of thiazole rings is 1. The van der Waals surface area contributed by atoms with Crippen molar-refractivity contribution in [1.82, 2.24) is 19.7 Å². The summed E-state index contributed by atoms with van der Waals surface area (Å²) in [6.07, 6.45) is 1.66. The van der Waals surface area contributed by atoms with Gasteiger partial charge in [0.25, 0.3) is 0 Å². The second-order valence-electron chi connectivity index (χ2n) is 6.19. The number of amides is 1. The Hall–Kier alpha value is -2.39. The lowest BCUT2D eigenvalue weighted by molar-refractivity contribution is -0.113. The maximum atomic E-state index is 12.2. The number of nitrogens with zero attached hydrogens (tertiary/aromatic N) is 4. The number of rotatable bonds is 8. The van der Waals surface area contributed by atoms with E-state index in [1.54, 1.807) is 13.3 Å². The van der Waals surface area contributed by atoms with Crippen LogP contribution in [0.15, 0.2) is 41.0 Å². The van der Waals surface area contributed by atoms with Crippen LogP contribution in [0.4, 0.5) is 5.13 Å². The second kappa shape index (κ2) is 9.01. The maximum Gasteiger partial charge on any atom is 0.236 e. The van der Waals surface area contributed by atoms with Crippen molar-refractivity contribution in [2.45, 2.75) is 25.5 Å². The molecule has 142 valence electrons. The highest BCUT2D eigenvalue weighted by Gasteiger charge is 2.19. The van der Waals surface area contributed by atoms with E-state index in [0.717, 1.165) is 23.7 Å². The van der Waals surface area contributed by atoms with Crippen LogP contribution in [0.3, 0.4) is 0 Å². The lowest BCUT2D eigenvalue weighted by atomic mass is 10.1. The second-order valence-corrected chi connectivity index (χ2v) is 8.02. The SMILES string of the molecule is COc1ccccc1-c1nnc(SCC(=O)Nc2nccs2)n1CC(C)C. The fraction of sp³-hybridized carbons (Fsp3) is 0.333. The van der Waals surface area contributed by atoms with Crippen molar-refractivity contribution >= 4 is 34.1 Å². The van der Waals surface area contributed by atoms with Gasteiger partial charge in [-0.3, -0.25) is 4.79 Å². The fourth-order valence-corrected chi connectivity index (χ4v) is 3.82. The maximum absolute atomic E-state index is 12.2. The van der Waals surface area contributed by atoms with Crippen LogP contribution in [0.5, 0.6) is 5.75 Å². The van der Waals surface area contributed by atoms with Crippen molar-refractivity contribution in [2.75, 3.05) is 18.2 Å². The molecule has 0 bridgehead atoms. The standard InChI is InChI=1S/C18H21N5O2S2/c1-12(2)10-23-16(13-6-4-5-7-14(13)25-3)21-22-18(23)27-11-15(24)20-17-19-8-9-26-17/h4-9,12H,10-11H2,1-3H3,(H,19,20,24). The van der Waals surface area contributed by atoms with Gasteiger partial charge in [-0.1, -0.05) is 37.7 Å². The third kappa shape index (κ3) is 4.86. The van der Waals surface area contributed by atoms with Crippen LogP contribution in [0.25, 0.3) is 11.4 Å². The average Bonchev–Trinajstić information content (AvgIpc) is 3.29. The molecule has 0 aliphatic heterocycles. The van der Waals surface area contributed by atoms with Gasteiger partial charge in [-0.05, 0) is 18.1 Å². The molecule has 3 rings (SSSR count). The van der Waals surface area contributed by atoms with Crippen molar-refractivity contribution in [3.05, 3.63) is 35.8 Å². The molecule has 2 aromatic heterocycles. The number of aromatic nitrogens is 4. The van der Waals surface area contributed by atoms with Crippen LogP contribution in [0.2, 0.25) is 0 Å². The Labute approximate surface area is 166 Å². The van der Waals surface area contributed by atoms with Crippen LogP contribution in [-0.4, -0.2) is 38.5 Å². The Morgan fingerprint density at radius 1 is 1.33 bits per heavy atom. The van der Waals surface area contributed by atoms with E-state index in [-0.39, 0.29) is 11.7 Å². The minimum Gasteiger partial charge on any atom is -0.496 e. The molecule has 7 nitrogen and oxygen atoms in total. The van der Waals surface area contributed by atoms with E-state index < -0.39 is 0 Å². The molecule has 0 spiro atoms. The summed E-state index contributed by atoms with van der Waals surface area (Å²) in [5, 5.41) is 14.6. The van der Waals surface area contributed by atoms with Gasteiger partial charge in [0.2, 0.25) is 5.91 Å². The number of benzene rings is 1. The third-order valence-electron chi connectivity index (χ3n) is 3.62. The van der Waals surface area contributed by atoms with Gasteiger partial charge in [0.05, 0.1) is 18.4 Å². The van der Waals surface area contributed by atoms with Crippen LogP contribution in [0, 0.1) is 5.92 Å². The number of hydrogen-bond donors (Lipinski definition) is 1. The number of thioether (sulfide) groups is 1. The van der Waals surface area contributed by atoms with Crippen molar-refractivity contribution in [3.63, 3.8) is 0 Å². The number of anilines is 1. The minimum atomic E-state index is -0.118. The largest absolute Gasteiger partial charge is 0.496 e. The lowest BCUT2D eigenvalue weighted by Gasteiger charge is -2.14. The van der Waals surface area contributed by atoms with Gasteiger partial charge in [-0.15, -0.1) is 21.5 Å². The molecule has 0 saturated carbocycles. The molecule has 0 fully saturated rings. The zero-order valence-corrected chi connectivity index (χ0v) is 17.0. The molecule has 0 unspecified atom stereocenters. The summed E-state index contributed by atoms with van der Waals surface area (Å²) in [6.45, 7) is 5.02. The molecule has 0 radical (unpaired) electrons. The number of para-hydroxylation sites is 1.